The molecule has 0 bridgehead atoms. The van der Waals surface area contributed by atoms with Crippen molar-refractivity contribution in [2.24, 2.45) is 16.3 Å². The number of rotatable bonds is 2. The van der Waals surface area contributed by atoms with Crippen LogP contribution in [-0.4, -0.2) is 45.6 Å². The lowest BCUT2D eigenvalue weighted by Crippen LogP contribution is -2.56. The molecule has 2 fully saturated rings. The van der Waals surface area contributed by atoms with Crippen LogP contribution in [0.25, 0.3) is 0 Å². The van der Waals surface area contributed by atoms with Crippen LogP contribution in [0.15, 0.2) is 5.16 Å². The Bertz CT molecular complexity index is 387. The highest BCUT2D eigenvalue weighted by Crippen LogP contribution is 2.41. The lowest BCUT2D eigenvalue weighted by atomic mass is 9.82. The number of nitrogens with zero attached hydrogens (tertiary/aromatic N) is 2. The second-order valence-corrected chi connectivity index (χ2v) is 6.10. The Balaban J connectivity index is 2.21. The highest BCUT2D eigenvalue weighted by Gasteiger charge is 2.48. The second kappa shape index (κ2) is 5.00. The summed E-state index contributed by atoms with van der Waals surface area (Å²) in [4.78, 5) is 14.4. The third kappa shape index (κ3) is 2.54. The van der Waals surface area contributed by atoms with Gasteiger partial charge in [-0.25, -0.2) is 0 Å². The molecule has 0 aromatic carbocycles. The molecule has 0 radical (unpaired) electrons. The van der Waals surface area contributed by atoms with Crippen molar-refractivity contribution in [1.29, 1.82) is 0 Å². The average Bonchev–Trinajstić information content (AvgIpc) is 2.86. The Hall–Kier alpha value is -1.30. The van der Waals surface area contributed by atoms with Crippen LogP contribution in [0.3, 0.4) is 0 Å². The summed E-state index contributed by atoms with van der Waals surface area (Å²) >= 11 is 0. The molecule has 1 unspecified atom stereocenters. The van der Waals surface area contributed by atoms with Gasteiger partial charge in [-0.1, -0.05) is 18.0 Å². The summed E-state index contributed by atoms with van der Waals surface area (Å²) in [6.45, 7) is 2.71. The molecule has 1 heterocycles. The zero-order valence-electron chi connectivity index (χ0n) is 11.4. The third-order valence-corrected chi connectivity index (χ3v) is 4.43. The Morgan fingerprint density at radius 3 is 2.42 bits per heavy atom. The first-order valence-electron chi connectivity index (χ1n) is 6.91. The first-order valence-corrected chi connectivity index (χ1v) is 6.91. The minimum atomic E-state index is -0.859. The highest BCUT2D eigenvalue weighted by atomic mass is 16.4. The van der Waals surface area contributed by atoms with Crippen LogP contribution in [0.2, 0.25) is 0 Å². The standard InChI is InChI=1S/C13H23N3O3/c1-12(18)5-4-8-16(9-12)11(17)13(10(14)15-19)6-2-3-7-13/h18-19H,2-9H2,1H3,(H2,14,15). The molecule has 6 nitrogen and oxygen atoms in total. The Kier molecular flexibility index (Phi) is 3.71. The van der Waals surface area contributed by atoms with Gasteiger partial charge in [0.25, 0.3) is 0 Å². The van der Waals surface area contributed by atoms with Crippen LogP contribution in [0, 0.1) is 5.41 Å². The van der Waals surface area contributed by atoms with E-state index in [2.05, 4.69) is 5.16 Å². The fourth-order valence-corrected chi connectivity index (χ4v) is 3.35. The van der Waals surface area contributed by atoms with Crippen LogP contribution >= 0.6 is 0 Å². The summed E-state index contributed by atoms with van der Waals surface area (Å²) in [7, 11) is 0. The van der Waals surface area contributed by atoms with Gasteiger partial charge in [-0.15, -0.1) is 0 Å². The molecule has 1 amide bonds. The van der Waals surface area contributed by atoms with E-state index in [-0.39, 0.29) is 11.7 Å². The maximum Gasteiger partial charge on any atom is 0.236 e. The van der Waals surface area contributed by atoms with E-state index < -0.39 is 11.0 Å². The van der Waals surface area contributed by atoms with Crippen molar-refractivity contribution in [1.82, 2.24) is 4.90 Å². The fraction of sp³-hybridized carbons (Fsp3) is 0.846. The van der Waals surface area contributed by atoms with Gasteiger partial charge in [0.15, 0.2) is 5.84 Å². The number of nitrogens with two attached hydrogens (primary N) is 1. The van der Waals surface area contributed by atoms with E-state index >= 15 is 0 Å². The van der Waals surface area contributed by atoms with E-state index in [1.54, 1.807) is 11.8 Å². The van der Waals surface area contributed by atoms with E-state index in [0.29, 0.717) is 32.4 Å². The normalized spacial score (nSPS) is 31.5. The number of oxime groups is 1. The van der Waals surface area contributed by atoms with Crippen molar-refractivity contribution in [2.75, 3.05) is 13.1 Å². The minimum absolute atomic E-state index is 0.0141. The molecule has 4 N–H and O–H groups in total. The number of amides is 1. The van der Waals surface area contributed by atoms with E-state index in [0.717, 1.165) is 19.3 Å². The number of amidine groups is 1. The highest BCUT2D eigenvalue weighted by molar-refractivity contribution is 6.07. The van der Waals surface area contributed by atoms with E-state index in [4.69, 9.17) is 10.9 Å². The first-order chi connectivity index (χ1) is 8.91. The topological polar surface area (TPSA) is 99.2 Å². The van der Waals surface area contributed by atoms with Gasteiger partial charge in [-0.2, -0.15) is 0 Å². The molecular weight excluding hydrogens is 246 g/mol. The molecule has 1 aliphatic carbocycles. The molecule has 2 aliphatic rings. The number of aliphatic hydroxyl groups is 1. The number of hydrogen-bond donors (Lipinski definition) is 3. The molecule has 0 aromatic heterocycles. The molecular formula is C13H23N3O3. The van der Waals surface area contributed by atoms with Crippen LogP contribution in [0.5, 0.6) is 0 Å². The predicted molar refractivity (Wildman–Crippen MR) is 70.7 cm³/mol. The molecule has 108 valence electrons. The number of β-amino-alcohol motifs (C(OH)–C–C–N with tert-alkyl or cyclic N) is 1. The molecule has 1 saturated carbocycles. The van der Waals surface area contributed by atoms with E-state index in [9.17, 15) is 9.90 Å². The first kappa shape index (κ1) is 14.1. The Morgan fingerprint density at radius 2 is 1.89 bits per heavy atom. The van der Waals surface area contributed by atoms with Crippen LogP contribution in [-0.2, 0) is 4.79 Å². The van der Waals surface area contributed by atoms with Gasteiger partial charge < -0.3 is 20.9 Å². The third-order valence-electron chi connectivity index (χ3n) is 4.43. The van der Waals surface area contributed by atoms with Crippen molar-refractivity contribution in [3.05, 3.63) is 0 Å². The van der Waals surface area contributed by atoms with Gasteiger partial charge in [0, 0.05) is 13.1 Å². The van der Waals surface area contributed by atoms with Crippen molar-refractivity contribution in [2.45, 2.75) is 51.0 Å². The zero-order valence-corrected chi connectivity index (χ0v) is 11.4. The number of piperidine rings is 1. The molecule has 1 atom stereocenters. The van der Waals surface area contributed by atoms with Crippen molar-refractivity contribution < 1.29 is 15.1 Å². The maximum absolute atomic E-state index is 12.8. The zero-order chi connectivity index (χ0) is 14.1. The molecule has 1 aliphatic heterocycles. The summed E-state index contributed by atoms with van der Waals surface area (Å²) in [6, 6.07) is 0. The Morgan fingerprint density at radius 1 is 1.26 bits per heavy atom. The lowest BCUT2D eigenvalue weighted by molar-refractivity contribution is -0.144. The number of carbonyl (C=O) groups is 1. The maximum atomic E-state index is 12.8. The van der Waals surface area contributed by atoms with Crippen molar-refractivity contribution in [3.8, 4) is 0 Å². The SMILES string of the molecule is CC1(O)CCCN(C(=O)C2(C(N)=NO)CCCC2)C1. The van der Waals surface area contributed by atoms with Gasteiger partial charge in [0.05, 0.1) is 5.60 Å². The Labute approximate surface area is 113 Å². The van der Waals surface area contributed by atoms with Crippen LogP contribution in [0.1, 0.15) is 45.4 Å². The molecule has 0 spiro atoms. The number of carbonyl (C=O) groups excluding carboxylic acids is 1. The summed E-state index contributed by atoms with van der Waals surface area (Å²) in [5.41, 5.74) is 4.08. The number of hydrogen-bond acceptors (Lipinski definition) is 4. The van der Waals surface area contributed by atoms with Crippen LogP contribution < -0.4 is 5.73 Å². The van der Waals surface area contributed by atoms with E-state index in [1.807, 2.05) is 0 Å². The summed E-state index contributed by atoms with van der Waals surface area (Å²) in [5.74, 6) is -0.0829. The summed E-state index contributed by atoms with van der Waals surface area (Å²) < 4.78 is 0. The van der Waals surface area contributed by atoms with Gasteiger partial charge >= 0.3 is 0 Å². The van der Waals surface area contributed by atoms with E-state index in [1.165, 1.54) is 0 Å². The predicted octanol–water partition coefficient (Wildman–Crippen LogP) is 0.667. The van der Waals surface area contributed by atoms with Crippen molar-refractivity contribution >= 4 is 11.7 Å². The average molecular weight is 269 g/mol. The fourth-order valence-electron chi connectivity index (χ4n) is 3.35. The second-order valence-electron chi connectivity index (χ2n) is 6.10. The largest absolute Gasteiger partial charge is 0.409 e. The van der Waals surface area contributed by atoms with Crippen LogP contribution in [0.4, 0.5) is 0 Å². The molecule has 2 rings (SSSR count). The van der Waals surface area contributed by atoms with Gasteiger partial charge in [0.1, 0.15) is 5.41 Å². The quantitative estimate of drug-likeness (QED) is 0.297. The minimum Gasteiger partial charge on any atom is -0.409 e. The van der Waals surface area contributed by atoms with Gasteiger partial charge in [-0.05, 0) is 32.6 Å². The molecule has 1 saturated heterocycles. The summed E-state index contributed by atoms with van der Waals surface area (Å²) in [5, 5.41) is 22.1. The number of likely N-dealkylation sites (tertiary alicyclic amines) is 1. The molecule has 0 aromatic rings. The van der Waals surface area contributed by atoms with Crippen molar-refractivity contribution in [3.63, 3.8) is 0 Å². The van der Waals surface area contributed by atoms with Gasteiger partial charge in [-0.3, -0.25) is 4.79 Å². The summed E-state index contributed by atoms with van der Waals surface area (Å²) in [6.07, 6.45) is 4.55. The lowest BCUT2D eigenvalue weighted by Gasteiger charge is -2.41. The van der Waals surface area contributed by atoms with Gasteiger partial charge in [0.2, 0.25) is 5.91 Å². The smallest absolute Gasteiger partial charge is 0.236 e. The molecule has 19 heavy (non-hydrogen) atoms. The molecule has 6 heteroatoms. The monoisotopic (exact) mass is 269 g/mol.